The molecule has 1 N–H and O–H groups in total. The van der Waals surface area contributed by atoms with Crippen LogP contribution in [-0.2, 0) is 10.0 Å². The van der Waals surface area contributed by atoms with Crippen molar-refractivity contribution in [2.75, 3.05) is 22.7 Å². The highest BCUT2D eigenvalue weighted by Crippen LogP contribution is 2.26. The van der Waals surface area contributed by atoms with Crippen LogP contribution < -0.4 is 9.62 Å². The van der Waals surface area contributed by atoms with Gasteiger partial charge in [0.15, 0.2) is 0 Å². The summed E-state index contributed by atoms with van der Waals surface area (Å²) in [6.07, 6.45) is 0. The maximum Gasteiger partial charge on any atom is 0.261 e. The quantitative estimate of drug-likeness (QED) is 0.871. The summed E-state index contributed by atoms with van der Waals surface area (Å²) < 4.78 is 27.7. The van der Waals surface area contributed by atoms with Gasteiger partial charge in [0.25, 0.3) is 10.0 Å². The Morgan fingerprint density at radius 2 is 1.57 bits per heavy atom. The van der Waals surface area contributed by atoms with E-state index in [-0.39, 0.29) is 4.90 Å². The molecule has 0 fully saturated rings. The molecule has 0 aliphatic rings. The van der Waals surface area contributed by atoms with E-state index in [0.29, 0.717) is 5.69 Å². The monoisotopic (exact) mass is 332 g/mol. The maximum atomic E-state index is 12.5. The lowest BCUT2D eigenvalue weighted by molar-refractivity contribution is 0.601. The number of rotatable bonds is 6. The molecule has 0 saturated carbocycles. The van der Waals surface area contributed by atoms with Crippen molar-refractivity contribution in [2.45, 2.75) is 32.6 Å². The number of nitrogens with zero attached hydrogens (tertiary/aromatic N) is 1. The summed E-state index contributed by atoms with van der Waals surface area (Å²) in [5.74, 6) is 0. The molecule has 2 rings (SSSR count). The molecule has 2 aromatic rings. The normalized spacial score (nSPS) is 11.3. The Morgan fingerprint density at radius 1 is 0.957 bits per heavy atom. The van der Waals surface area contributed by atoms with E-state index < -0.39 is 10.0 Å². The van der Waals surface area contributed by atoms with Crippen molar-refractivity contribution < 1.29 is 8.42 Å². The predicted molar refractivity (Wildman–Crippen MR) is 96.7 cm³/mol. The standard InChI is InChI=1S/C18H24N2O2S/c1-5-20(6-2)18-13-16(10-9-15(18)4)19-23(21,22)17-11-7-14(3)8-12-17/h7-13,19H,5-6H2,1-4H3. The van der Waals surface area contributed by atoms with Crippen molar-refractivity contribution in [2.24, 2.45) is 0 Å². The summed E-state index contributed by atoms with van der Waals surface area (Å²) in [5.41, 5.74) is 3.80. The summed E-state index contributed by atoms with van der Waals surface area (Å²) >= 11 is 0. The van der Waals surface area contributed by atoms with E-state index in [2.05, 4.69) is 23.5 Å². The lowest BCUT2D eigenvalue weighted by Crippen LogP contribution is -2.23. The number of benzene rings is 2. The largest absolute Gasteiger partial charge is 0.372 e. The molecule has 2 aromatic carbocycles. The molecule has 0 radical (unpaired) electrons. The maximum absolute atomic E-state index is 12.5. The van der Waals surface area contributed by atoms with Gasteiger partial charge in [0.05, 0.1) is 10.6 Å². The van der Waals surface area contributed by atoms with Crippen LogP contribution >= 0.6 is 0 Å². The van der Waals surface area contributed by atoms with E-state index in [9.17, 15) is 8.42 Å². The van der Waals surface area contributed by atoms with Crippen molar-refractivity contribution in [3.05, 3.63) is 53.6 Å². The van der Waals surface area contributed by atoms with Gasteiger partial charge in [-0.3, -0.25) is 4.72 Å². The molecule has 0 heterocycles. The highest BCUT2D eigenvalue weighted by atomic mass is 32.2. The lowest BCUT2D eigenvalue weighted by Gasteiger charge is -2.24. The summed E-state index contributed by atoms with van der Waals surface area (Å²) in [5, 5.41) is 0. The summed E-state index contributed by atoms with van der Waals surface area (Å²) in [6, 6.07) is 12.5. The Balaban J connectivity index is 2.32. The van der Waals surface area contributed by atoms with Gasteiger partial charge < -0.3 is 4.90 Å². The predicted octanol–water partition coefficient (Wildman–Crippen LogP) is 3.95. The van der Waals surface area contributed by atoms with Gasteiger partial charge in [0.1, 0.15) is 0 Å². The van der Waals surface area contributed by atoms with Crippen LogP contribution in [0.3, 0.4) is 0 Å². The van der Waals surface area contributed by atoms with Gasteiger partial charge in [-0.1, -0.05) is 23.8 Å². The van der Waals surface area contributed by atoms with Crippen molar-refractivity contribution in [3.8, 4) is 0 Å². The van der Waals surface area contributed by atoms with E-state index in [1.807, 2.05) is 26.0 Å². The number of hydrogen-bond acceptors (Lipinski definition) is 3. The molecule has 0 atom stereocenters. The third kappa shape index (κ3) is 4.05. The zero-order valence-corrected chi connectivity index (χ0v) is 14.9. The molecule has 0 unspecified atom stereocenters. The highest BCUT2D eigenvalue weighted by molar-refractivity contribution is 7.92. The number of aryl methyl sites for hydroxylation is 2. The van der Waals surface area contributed by atoms with Crippen LogP contribution in [0.1, 0.15) is 25.0 Å². The van der Waals surface area contributed by atoms with Crippen molar-refractivity contribution in [1.82, 2.24) is 0 Å². The van der Waals surface area contributed by atoms with Crippen molar-refractivity contribution in [3.63, 3.8) is 0 Å². The number of anilines is 2. The fourth-order valence-corrected chi connectivity index (χ4v) is 3.56. The molecule has 0 amide bonds. The third-order valence-electron chi connectivity index (χ3n) is 3.90. The Hall–Kier alpha value is -2.01. The zero-order chi connectivity index (χ0) is 17.0. The first-order valence-electron chi connectivity index (χ1n) is 7.82. The first-order valence-corrected chi connectivity index (χ1v) is 9.30. The molecule has 0 aliphatic carbocycles. The smallest absolute Gasteiger partial charge is 0.261 e. The van der Waals surface area contributed by atoms with Gasteiger partial charge in [0, 0.05) is 18.8 Å². The average molecular weight is 332 g/mol. The van der Waals surface area contributed by atoms with Crippen LogP contribution in [-0.4, -0.2) is 21.5 Å². The molecule has 0 aromatic heterocycles. The van der Waals surface area contributed by atoms with E-state index in [0.717, 1.165) is 29.9 Å². The van der Waals surface area contributed by atoms with Gasteiger partial charge in [-0.2, -0.15) is 0 Å². The first kappa shape index (κ1) is 17.3. The number of nitrogens with one attached hydrogen (secondary N) is 1. The molecule has 0 bridgehead atoms. The second kappa shape index (κ2) is 7.04. The van der Waals surface area contributed by atoms with Gasteiger partial charge in [-0.05, 0) is 57.5 Å². The SMILES string of the molecule is CCN(CC)c1cc(NS(=O)(=O)c2ccc(C)cc2)ccc1C. The van der Waals surface area contributed by atoms with Crippen molar-refractivity contribution in [1.29, 1.82) is 0 Å². The van der Waals surface area contributed by atoms with Crippen LogP contribution in [0.15, 0.2) is 47.4 Å². The van der Waals surface area contributed by atoms with Crippen molar-refractivity contribution >= 4 is 21.4 Å². The highest BCUT2D eigenvalue weighted by Gasteiger charge is 2.15. The zero-order valence-electron chi connectivity index (χ0n) is 14.1. The second-order valence-electron chi connectivity index (χ2n) is 5.59. The third-order valence-corrected chi connectivity index (χ3v) is 5.29. The Morgan fingerprint density at radius 3 is 2.13 bits per heavy atom. The van der Waals surface area contributed by atoms with Crippen LogP contribution in [0.2, 0.25) is 0 Å². The fourth-order valence-electron chi connectivity index (χ4n) is 2.51. The minimum Gasteiger partial charge on any atom is -0.372 e. The van der Waals surface area contributed by atoms with E-state index in [4.69, 9.17) is 0 Å². The minimum absolute atomic E-state index is 0.271. The van der Waals surface area contributed by atoms with Gasteiger partial charge in [-0.15, -0.1) is 0 Å². The van der Waals surface area contributed by atoms with Crippen LogP contribution in [0.5, 0.6) is 0 Å². The van der Waals surface area contributed by atoms with Crippen LogP contribution in [0.25, 0.3) is 0 Å². The van der Waals surface area contributed by atoms with Gasteiger partial charge in [-0.25, -0.2) is 8.42 Å². The average Bonchev–Trinajstić information content (AvgIpc) is 2.51. The first-order chi connectivity index (χ1) is 10.9. The Kier molecular flexibility index (Phi) is 5.31. The summed E-state index contributed by atoms with van der Waals surface area (Å²) in [4.78, 5) is 2.48. The summed E-state index contributed by atoms with van der Waals surface area (Å²) in [6.45, 7) is 9.90. The molecule has 0 aliphatic heterocycles. The lowest BCUT2D eigenvalue weighted by atomic mass is 10.1. The van der Waals surface area contributed by atoms with Gasteiger partial charge >= 0.3 is 0 Å². The molecular formula is C18H24N2O2S. The Bertz CT molecular complexity index is 764. The minimum atomic E-state index is -3.57. The summed E-state index contributed by atoms with van der Waals surface area (Å²) in [7, 11) is -3.57. The molecule has 0 saturated heterocycles. The number of sulfonamides is 1. The molecule has 5 heteroatoms. The van der Waals surface area contributed by atoms with Crippen LogP contribution in [0, 0.1) is 13.8 Å². The molecule has 4 nitrogen and oxygen atoms in total. The topological polar surface area (TPSA) is 49.4 Å². The van der Waals surface area contributed by atoms with E-state index in [1.165, 1.54) is 0 Å². The van der Waals surface area contributed by atoms with Gasteiger partial charge in [0.2, 0.25) is 0 Å². The van der Waals surface area contributed by atoms with Crippen LogP contribution in [0.4, 0.5) is 11.4 Å². The Labute approximate surface area is 139 Å². The molecule has 23 heavy (non-hydrogen) atoms. The molecule has 124 valence electrons. The second-order valence-corrected chi connectivity index (χ2v) is 7.27. The van der Waals surface area contributed by atoms with E-state index >= 15 is 0 Å². The molecule has 0 spiro atoms. The fraction of sp³-hybridized carbons (Fsp3) is 0.333. The number of hydrogen-bond donors (Lipinski definition) is 1. The van der Waals surface area contributed by atoms with E-state index in [1.54, 1.807) is 30.3 Å². The molecular weight excluding hydrogens is 308 g/mol.